The van der Waals surface area contributed by atoms with E-state index in [1.807, 2.05) is 10.7 Å². The molecule has 2 aliphatic rings. The van der Waals surface area contributed by atoms with Crippen LogP contribution in [0.3, 0.4) is 0 Å². The van der Waals surface area contributed by atoms with Gasteiger partial charge in [-0.3, -0.25) is 9.48 Å². The topological polar surface area (TPSA) is 34.9 Å². The van der Waals surface area contributed by atoms with Gasteiger partial charge in [0.25, 0.3) is 0 Å². The molecule has 0 bridgehead atoms. The van der Waals surface area contributed by atoms with E-state index < -0.39 is 0 Å². The number of carbonyl (C=O) groups is 1. The van der Waals surface area contributed by atoms with Crippen molar-refractivity contribution in [2.75, 3.05) is 0 Å². The van der Waals surface area contributed by atoms with E-state index in [9.17, 15) is 4.79 Å². The number of carbonyl (C=O) groups excluding carboxylic acids is 1. The van der Waals surface area contributed by atoms with Gasteiger partial charge >= 0.3 is 0 Å². The van der Waals surface area contributed by atoms with Crippen LogP contribution in [0.5, 0.6) is 0 Å². The van der Waals surface area contributed by atoms with E-state index in [0.717, 1.165) is 12.0 Å². The van der Waals surface area contributed by atoms with Gasteiger partial charge in [0.05, 0.1) is 6.04 Å². The quantitative estimate of drug-likeness (QED) is 0.733. The maximum absolute atomic E-state index is 10.9. The molecule has 1 spiro atoms. The van der Waals surface area contributed by atoms with Crippen LogP contribution in [-0.4, -0.2) is 16.1 Å². The largest absolute Gasteiger partial charge is 0.296 e. The van der Waals surface area contributed by atoms with Crippen LogP contribution < -0.4 is 0 Å². The first kappa shape index (κ1) is 11.0. The average molecular weight is 232 g/mol. The minimum absolute atomic E-state index is 0.455. The first-order chi connectivity index (χ1) is 8.33. The zero-order valence-electron chi connectivity index (χ0n) is 10.3. The van der Waals surface area contributed by atoms with Gasteiger partial charge in [0.2, 0.25) is 0 Å². The Balaban J connectivity index is 1.70. The molecule has 0 atom stereocenters. The average Bonchev–Trinajstić information content (AvgIpc) is 3.00. The minimum atomic E-state index is 0.455. The highest BCUT2D eigenvalue weighted by Gasteiger charge is 2.38. The van der Waals surface area contributed by atoms with E-state index in [1.165, 1.54) is 51.4 Å². The van der Waals surface area contributed by atoms with Crippen molar-refractivity contribution in [3.05, 3.63) is 18.0 Å². The Hall–Kier alpha value is -1.12. The predicted octanol–water partition coefficient (Wildman–Crippen LogP) is 3.37. The van der Waals surface area contributed by atoms with E-state index in [0.29, 0.717) is 11.5 Å². The molecule has 0 aliphatic heterocycles. The van der Waals surface area contributed by atoms with Crippen LogP contribution in [-0.2, 0) is 0 Å². The second-order valence-corrected chi connectivity index (χ2v) is 5.76. The van der Waals surface area contributed by atoms with Gasteiger partial charge in [-0.1, -0.05) is 12.8 Å². The molecule has 3 nitrogen and oxygen atoms in total. The molecule has 2 fully saturated rings. The van der Waals surface area contributed by atoms with Crippen molar-refractivity contribution in [3.8, 4) is 0 Å². The van der Waals surface area contributed by atoms with Crippen LogP contribution in [0.2, 0.25) is 0 Å². The highest BCUT2D eigenvalue weighted by Crippen LogP contribution is 2.51. The lowest BCUT2D eigenvalue weighted by atomic mass is 9.71. The summed E-state index contributed by atoms with van der Waals surface area (Å²) in [5.74, 6) is 0. The molecule has 0 radical (unpaired) electrons. The van der Waals surface area contributed by atoms with Crippen molar-refractivity contribution in [3.63, 3.8) is 0 Å². The molecule has 1 aromatic rings. The first-order valence-electron chi connectivity index (χ1n) is 6.82. The lowest BCUT2D eigenvalue weighted by molar-refractivity contribution is 0.110. The molecule has 17 heavy (non-hydrogen) atoms. The summed E-state index contributed by atoms with van der Waals surface area (Å²) < 4.78 is 1.94. The van der Waals surface area contributed by atoms with E-state index in [4.69, 9.17) is 0 Å². The lowest BCUT2D eigenvalue weighted by Gasteiger charge is -2.37. The van der Waals surface area contributed by atoms with E-state index >= 15 is 0 Å². The Morgan fingerprint density at radius 2 is 1.94 bits per heavy atom. The molecule has 0 aromatic carbocycles. The Morgan fingerprint density at radius 1 is 1.24 bits per heavy atom. The fourth-order valence-corrected chi connectivity index (χ4v) is 3.81. The summed E-state index contributed by atoms with van der Waals surface area (Å²) in [5, 5.41) is 4.31. The van der Waals surface area contributed by atoms with Crippen molar-refractivity contribution >= 4 is 6.29 Å². The van der Waals surface area contributed by atoms with Crippen LogP contribution in [0.15, 0.2) is 12.3 Å². The molecule has 92 valence electrons. The standard InChI is InChI=1S/C14H20N2O/c17-11-13-5-10-15-16(13)12-3-8-14(9-4-12)6-1-2-7-14/h5,10-12H,1-4,6-9H2. The van der Waals surface area contributed by atoms with Gasteiger partial charge in [-0.05, 0) is 50.0 Å². The molecule has 2 saturated carbocycles. The van der Waals surface area contributed by atoms with Gasteiger partial charge in [0, 0.05) is 6.20 Å². The lowest BCUT2D eigenvalue weighted by Crippen LogP contribution is -2.27. The maximum Gasteiger partial charge on any atom is 0.168 e. The summed E-state index contributed by atoms with van der Waals surface area (Å²) in [5.41, 5.74) is 1.39. The van der Waals surface area contributed by atoms with Crippen molar-refractivity contribution in [1.82, 2.24) is 9.78 Å². The zero-order valence-corrected chi connectivity index (χ0v) is 10.3. The number of hydrogen-bond donors (Lipinski definition) is 0. The number of rotatable bonds is 2. The number of aldehydes is 1. The third-order valence-electron chi connectivity index (χ3n) is 4.85. The van der Waals surface area contributed by atoms with Gasteiger partial charge < -0.3 is 0 Å². The third kappa shape index (κ3) is 1.92. The molecule has 0 saturated heterocycles. The van der Waals surface area contributed by atoms with Gasteiger partial charge in [-0.15, -0.1) is 0 Å². The van der Waals surface area contributed by atoms with Gasteiger partial charge in [-0.2, -0.15) is 5.10 Å². The van der Waals surface area contributed by atoms with Crippen LogP contribution in [0.25, 0.3) is 0 Å². The van der Waals surface area contributed by atoms with Crippen molar-refractivity contribution in [1.29, 1.82) is 0 Å². The van der Waals surface area contributed by atoms with E-state index in [2.05, 4.69) is 5.10 Å². The Kier molecular flexibility index (Phi) is 2.77. The monoisotopic (exact) mass is 232 g/mol. The molecule has 0 N–H and O–H groups in total. The molecular formula is C14H20N2O. The maximum atomic E-state index is 10.9. The highest BCUT2D eigenvalue weighted by molar-refractivity contribution is 5.71. The van der Waals surface area contributed by atoms with Crippen LogP contribution in [0.4, 0.5) is 0 Å². The Morgan fingerprint density at radius 3 is 2.59 bits per heavy atom. The minimum Gasteiger partial charge on any atom is -0.296 e. The normalized spacial score (nSPS) is 24.2. The molecule has 2 aliphatic carbocycles. The van der Waals surface area contributed by atoms with Crippen molar-refractivity contribution in [2.45, 2.75) is 57.4 Å². The molecular weight excluding hydrogens is 212 g/mol. The van der Waals surface area contributed by atoms with Gasteiger partial charge in [0.15, 0.2) is 6.29 Å². The van der Waals surface area contributed by atoms with Crippen molar-refractivity contribution in [2.24, 2.45) is 5.41 Å². The van der Waals surface area contributed by atoms with E-state index in [-0.39, 0.29) is 0 Å². The molecule has 1 aromatic heterocycles. The SMILES string of the molecule is O=Cc1ccnn1C1CCC2(CCCC2)CC1. The molecule has 0 unspecified atom stereocenters. The Bertz CT molecular complexity index is 394. The molecule has 0 amide bonds. The first-order valence-corrected chi connectivity index (χ1v) is 6.82. The van der Waals surface area contributed by atoms with Crippen LogP contribution in [0, 0.1) is 5.41 Å². The van der Waals surface area contributed by atoms with Crippen LogP contribution >= 0.6 is 0 Å². The summed E-state index contributed by atoms with van der Waals surface area (Å²) in [6, 6.07) is 2.27. The number of nitrogens with zero attached hydrogens (tertiary/aromatic N) is 2. The molecule has 1 heterocycles. The van der Waals surface area contributed by atoms with Gasteiger partial charge in [0.1, 0.15) is 5.69 Å². The predicted molar refractivity (Wildman–Crippen MR) is 66.0 cm³/mol. The summed E-state index contributed by atoms with van der Waals surface area (Å²) in [6.07, 6.45) is 13.4. The summed E-state index contributed by atoms with van der Waals surface area (Å²) >= 11 is 0. The van der Waals surface area contributed by atoms with E-state index in [1.54, 1.807) is 6.20 Å². The fraction of sp³-hybridized carbons (Fsp3) is 0.714. The van der Waals surface area contributed by atoms with Gasteiger partial charge in [-0.25, -0.2) is 0 Å². The fourth-order valence-electron chi connectivity index (χ4n) is 3.81. The number of hydrogen-bond acceptors (Lipinski definition) is 2. The molecule has 3 heteroatoms. The molecule has 3 rings (SSSR count). The summed E-state index contributed by atoms with van der Waals surface area (Å²) in [4.78, 5) is 10.9. The third-order valence-corrected chi connectivity index (χ3v) is 4.85. The second kappa shape index (κ2) is 4.28. The zero-order chi connectivity index (χ0) is 11.7. The highest BCUT2D eigenvalue weighted by atomic mass is 16.1. The summed E-state index contributed by atoms with van der Waals surface area (Å²) in [7, 11) is 0. The smallest absolute Gasteiger partial charge is 0.168 e. The van der Waals surface area contributed by atoms with Crippen LogP contribution in [0.1, 0.15) is 67.9 Å². The number of aromatic nitrogens is 2. The van der Waals surface area contributed by atoms with Crippen molar-refractivity contribution < 1.29 is 4.79 Å². The summed E-state index contributed by atoms with van der Waals surface area (Å²) in [6.45, 7) is 0. The second-order valence-electron chi connectivity index (χ2n) is 5.76. The Labute approximate surface area is 102 Å².